The number of nitrogens with one attached hydrogen (secondary N) is 2. The molecule has 1 aromatic heterocycles. The third kappa shape index (κ3) is 4.36. The quantitative estimate of drug-likeness (QED) is 0.504. The van der Waals surface area contributed by atoms with E-state index in [1.165, 1.54) is 25.4 Å². The van der Waals surface area contributed by atoms with Crippen LogP contribution in [0.15, 0.2) is 54.9 Å². The Morgan fingerprint density at radius 1 is 1.08 bits per heavy atom. The number of nitriles is 1. The lowest BCUT2D eigenvalue weighted by atomic mass is 9.87. The third-order valence-electron chi connectivity index (χ3n) is 6.44. The van der Waals surface area contributed by atoms with Crippen molar-refractivity contribution in [2.75, 3.05) is 19.5 Å². The highest BCUT2D eigenvalue weighted by Gasteiger charge is 2.33. The van der Waals surface area contributed by atoms with Gasteiger partial charge in [0.15, 0.2) is 0 Å². The van der Waals surface area contributed by atoms with Crippen molar-refractivity contribution in [3.63, 3.8) is 0 Å². The van der Waals surface area contributed by atoms with E-state index in [0.29, 0.717) is 29.0 Å². The third-order valence-corrected chi connectivity index (χ3v) is 6.44. The molecule has 9 nitrogen and oxygen atoms in total. The van der Waals surface area contributed by atoms with Crippen LogP contribution in [0.1, 0.15) is 52.1 Å². The van der Waals surface area contributed by atoms with Gasteiger partial charge >= 0.3 is 6.03 Å². The molecule has 1 unspecified atom stereocenters. The van der Waals surface area contributed by atoms with Gasteiger partial charge in [0.05, 0.1) is 29.3 Å². The predicted molar refractivity (Wildman–Crippen MR) is 134 cm³/mol. The van der Waals surface area contributed by atoms with Crippen molar-refractivity contribution in [2.24, 2.45) is 0 Å². The second-order valence-corrected chi connectivity index (χ2v) is 8.68. The Morgan fingerprint density at radius 3 is 2.53 bits per heavy atom. The summed E-state index contributed by atoms with van der Waals surface area (Å²) in [6.07, 6.45) is 3.73. The summed E-state index contributed by atoms with van der Waals surface area (Å²) < 4.78 is 5.66. The Kier molecular flexibility index (Phi) is 6.45. The van der Waals surface area contributed by atoms with E-state index in [-0.39, 0.29) is 11.5 Å². The summed E-state index contributed by atoms with van der Waals surface area (Å²) in [5, 5.41) is 14.9. The van der Waals surface area contributed by atoms with Gasteiger partial charge in [-0.05, 0) is 49.2 Å². The van der Waals surface area contributed by atoms with Gasteiger partial charge in [0.2, 0.25) is 0 Å². The van der Waals surface area contributed by atoms with Crippen molar-refractivity contribution in [3.05, 3.63) is 77.1 Å². The van der Waals surface area contributed by atoms with Crippen LogP contribution < -0.4 is 15.4 Å². The number of methoxy groups -OCH3 is 1. The van der Waals surface area contributed by atoms with Gasteiger partial charge in [-0.3, -0.25) is 19.5 Å². The summed E-state index contributed by atoms with van der Waals surface area (Å²) in [4.78, 5) is 42.5. The lowest BCUT2D eigenvalue weighted by molar-refractivity contribution is 0.0693. The van der Waals surface area contributed by atoms with E-state index in [1.807, 2.05) is 32.0 Å². The number of fused-ring (bicyclic) bond motifs is 1. The average molecular weight is 484 g/mol. The number of amides is 4. The van der Waals surface area contributed by atoms with Crippen LogP contribution in [-0.4, -0.2) is 41.9 Å². The van der Waals surface area contributed by atoms with Crippen LogP contribution >= 0.6 is 0 Å². The monoisotopic (exact) mass is 483 g/mol. The van der Waals surface area contributed by atoms with Gasteiger partial charge in [-0.1, -0.05) is 19.1 Å². The Bertz CT molecular complexity index is 1430. The Hall–Kier alpha value is -4.71. The number of benzene rings is 2. The molecule has 0 radical (unpaired) electrons. The summed E-state index contributed by atoms with van der Waals surface area (Å²) >= 11 is 0. The van der Waals surface area contributed by atoms with Crippen LogP contribution in [0.25, 0.3) is 11.1 Å². The summed E-state index contributed by atoms with van der Waals surface area (Å²) in [6, 6.07) is 13.6. The van der Waals surface area contributed by atoms with E-state index in [4.69, 9.17) is 10.00 Å². The number of aromatic nitrogens is 1. The molecule has 0 bridgehead atoms. The number of hydrogen-bond donors (Lipinski definition) is 2. The molecule has 1 atom stereocenters. The average Bonchev–Trinajstić information content (AvgIpc) is 3.11. The molecule has 0 aliphatic carbocycles. The predicted octanol–water partition coefficient (Wildman–Crippen LogP) is 4.30. The molecule has 182 valence electrons. The molecule has 0 spiro atoms. The smallest absolute Gasteiger partial charge is 0.319 e. The van der Waals surface area contributed by atoms with Crippen LogP contribution in [0.2, 0.25) is 0 Å². The van der Waals surface area contributed by atoms with E-state index in [1.54, 1.807) is 25.4 Å². The van der Waals surface area contributed by atoms with Crippen molar-refractivity contribution < 1.29 is 19.1 Å². The van der Waals surface area contributed by atoms with E-state index in [0.717, 1.165) is 21.6 Å². The van der Waals surface area contributed by atoms with Crippen molar-refractivity contribution >= 4 is 23.5 Å². The fourth-order valence-electron chi connectivity index (χ4n) is 4.18. The zero-order valence-corrected chi connectivity index (χ0v) is 20.4. The van der Waals surface area contributed by atoms with Gasteiger partial charge in [0.1, 0.15) is 11.8 Å². The fourth-order valence-corrected chi connectivity index (χ4v) is 4.18. The molecule has 36 heavy (non-hydrogen) atoms. The van der Waals surface area contributed by atoms with Crippen LogP contribution in [0.5, 0.6) is 5.75 Å². The first kappa shape index (κ1) is 24.4. The van der Waals surface area contributed by atoms with E-state index in [9.17, 15) is 14.4 Å². The largest absolute Gasteiger partial charge is 0.496 e. The number of urea groups is 1. The molecule has 1 aliphatic heterocycles. The molecule has 0 fully saturated rings. The Morgan fingerprint density at radius 2 is 1.83 bits per heavy atom. The second-order valence-electron chi connectivity index (χ2n) is 8.68. The number of carbonyl (C=O) groups excluding carboxylic acids is 3. The molecular weight excluding hydrogens is 458 g/mol. The summed E-state index contributed by atoms with van der Waals surface area (Å²) in [5.41, 5.74) is 3.00. The number of ether oxygens (including phenoxy) is 1. The van der Waals surface area contributed by atoms with E-state index >= 15 is 0 Å². The number of pyridine rings is 1. The molecule has 3 aromatic rings. The first-order chi connectivity index (χ1) is 17.2. The van der Waals surface area contributed by atoms with Crippen molar-refractivity contribution in [1.29, 1.82) is 5.26 Å². The topological polar surface area (TPSA) is 124 Å². The molecule has 2 aromatic carbocycles. The van der Waals surface area contributed by atoms with E-state index < -0.39 is 17.5 Å². The first-order valence-electron chi connectivity index (χ1n) is 11.3. The van der Waals surface area contributed by atoms with Gasteiger partial charge in [0.25, 0.3) is 11.8 Å². The molecule has 9 heteroatoms. The lowest BCUT2D eigenvalue weighted by Gasteiger charge is -2.32. The van der Waals surface area contributed by atoms with Gasteiger partial charge in [0, 0.05) is 36.3 Å². The minimum absolute atomic E-state index is 0.255. The fraction of sp³-hybridized carbons (Fsp3) is 0.222. The normalized spacial score (nSPS) is 14.0. The Balaban J connectivity index is 1.57. The lowest BCUT2D eigenvalue weighted by Crippen LogP contribution is -2.45. The van der Waals surface area contributed by atoms with Gasteiger partial charge < -0.3 is 15.4 Å². The molecule has 4 rings (SSSR count). The minimum atomic E-state index is -0.788. The van der Waals surface area contributed by atoms with Crippen LogP contribution in [-0.2, 0) is 5.54 Å². The number of hydrogen-bond acceptors (Lipinski definition) is 6. The highest BCUT2D eigenvalue weighted by atomic mass is 16.5. The van der Waals surface area contributed by atoms with Gasteiger partial charge in [-0.15, -0.1) is 0 Å². The molecule has 1 aliphatic rings. The van der Waals surface area contributed by atoms with Crippen molar-refractivity contribution in [2.45, 2.75) is 25.8 Å². The number of carbonyl (C=O) groups is 3. The molecule has 4 amide bonds. The van der Waals surface area contributed by atoms with Crippen LogP contribution in [0.3, 0.4) is 0 Å². The number of anilines is 1. The number of rotatable bonds is 6. The summed E-state index contributed by atoms with van der Waals surface area (Å²) in [6.45, 7) is 3.84. The molecule has 2 N–H and O–H groups in total. The standard InChI is InChI=1S/C27H25N5O4/c1-5-27(2,22-9-6-17(11-23(22)36-4)18-10-16(13-28)14-29-15-18)31-26(35)30-19-7-8-20-21(12-19)25(34)32(3)24(20)33/h6-12,14-15H,5H2,1-4H3,(H2,30,31,35). The van der Waals surface area contributed by atoms with Crippen molar-refractivity contribution in [1.82, 2.24) is 15.2 Å². The highest BCUT2D eigenvalue weighted by molar-refractivity contribution is 6.21. The molecule has 0 saturated heterocycles. The van der Waals surface area contributed by atoms with Crippen LogP contribution in [0.4, 0.5) is 10.5 Å². The SMILES string of the molecule is CCC(C)(NC(=O)Nc1ccc2c(c1)C(=O)N(C)C2=O)c1ccc(-c2cncc(C#N)c2)cc1OC. The van der Waals surface area contributed by atoms with Crippen molar-refractivity contribution in [3.8, 4) is 22.9 Å². The molecular formula is C27H25N5O4. The maximum atomic E-state index is 13.0. The molecule has 2 heterocycles. The second kappa shape index (κ2) is 9.50. The molecule has 0 saturated carbocycles. The first-order valence-corrected chi connectivity index (χ1v) is 11.3. The van der Waals surface area contributed by atoms with Gasteiger partial charge in [-0.2, -0.15) is 5.26 Å². The zero-order chi connectivity index (χ0) is 26.0. The Labute approximate surface area is 208 Å². The minimum Gasteiger partial charge on any atom is -0.496 e. The summed E-state index contributed by atoms with van der Waals surface area (Å²) in [5.74, 6) is -0.197. The van der Waals surface area contributed by atoms with Crippen LogP contribution in [0, 0.1) is 11.3 Å². The highest BCUT2D eigenvalue weighted by Crippen LogP contribution is 2.36. The van der Waals surface area contributed by atoms with Gasteiger partial charge in [-0.25, -0.2) is 4.79 Å². The maximum Gasteiger partial charge on any atom is 0.319 e. The summed E-state index contributed by atoms with van der Waals surface area (Å²) in [7, 11) is 2.98. The maximum absolute atomic E-state index is 13.0. The number of nitrogens with zero attached hydrogens (tertiary/aromatic N) is 3. The van der Waals surface area contributed by atoms with E-state index in [2.05, 4.69) is 21.7 Å². The zero-order valence-electron chi connectivity index (χ0n) is 20.4. The number of imide groups is 1.